The van der Waals surface area contributed by atoms with Gasteiger partial charge in [0.15, 0.2) is 6.20 Å². The maximum atomic E-state index is 12.3. The van der Waals surface area contributed by atoms with E-state index in [1.165, 1.54) is 22.6 Å². The number of nitro groups is 1. The first-order chi connectivity index (χ1) is 6.45. The fourth-order valence-corrected chi connectivity index (χ4v) is 1.42. The third-order valence-corrected chi connectivity index (χ3v) is 2.67. The molecule has 76 valence electrons. The van der Waals surface area contributed by atoms with Gasteiger partial charge in [-0.25, -0.2) is 8.78 Å². The van der Waals surface area contributed by atoms with Crippen molar-refractivity contribution in [3.63, 3.8) is 0 Å². The molecule has 0 aliphatic carbocycles. The minimum atomic E-state index is -2.74. The van der Waals surface area contributed by atoms with Crippen molar-refractivity contribution >= 4 is 34.1 Å². The van der Waals surface area contributed by atoms with Gasteiger partial charge in [-0.3, -0.25) is 0 Å². The van der Waals surface area contributed by atoms with E-state index in [1.54, 1.807) is 0 Å². The van der Waals surface area contributed by atoms with Crippen molar-refractivity contribution in [2.75, 3.05) is 5.73 Å². The molecule has 2 N–H and O–H groups in total. The molecule has 0 atom stereocenters. The summed E-state index contributed by atoms with van der Waals surface area (Å²) in [5.41, 5.74) is 4.56. The molecular formula is C6H4F2IN3O2. The van der Waals surface area contributed by atoms with E-state index in [4.69, 9.17) is 5.73 Å². The zero-order valence-electron chi connectivity index (χ0n) is 6.58. The van der Waals surface area contributed by atoms with Crippen LogP contribution in [-0.2, 0) is 0 Å². The molecule has 8 heteroatoms. The van der Waals surface area contributed by atoms with E-state index < -0.39 is 22.7 Å². The quantitative estimate of drug-likeness (QED) is 0.515. The predicted molar refractivity (Wildman–Crippen MR) is 53.0 cm³/mol. The summed E-state index contributed by atoms with van der Waals surface area (Å²) in [6, 6.07) is 0. The van der Waals surface area contributed by atoms with Crippen LogP contribution >= 0.6 is 22.6 Å². The summed E-state index contributed by atoms with van der Waals surface area (Å²) >= 11 is 1.53. The summed E-state index contributed by atoms with van der Waals surface area (Å²) in [6.07, 6.45) is -1.97. The third-order valence-electron chi connectivity index (χ3n) is 1.46. The van der Waals surface area contributed by atoms with Crippen molar-refractivity contribution in [2.45, 2.75) is 6.43 Å². The maximum Gasteiger partial charge on any atom is 0.387 e. The molecule has 0 fully saturated rings. The molecule has 0 spiro atoms. The largest absolute Gasteiger partial charge is 0.391 e. The molecule has 1 aromatic heterocycles. The average molecular weight is 315 g/mol. The second-order valence-electron chi connectivity index (χ2n) is 2.32. The number of nitrogens with two attached hydrogens (primary N) is 1. The van der Waals surface area contributed by atoms with E-state index in [9.17, 15) is 18.9 Å². The number of nitrogen functional groups attached to an aromatic ring is 1. The molecule has 1 heterocycles. The van der Waals surface area contributed by atoms with Crippen molar-refractivity contribution in [3.8, 4) is 0 Å². The van der Waals surface area contributed by atoms with E-state index in [-0.39, 0.29) is 9.26 Å². The van der Waals surface area contributed by atoms with Gasteiger partial charge in [-0.1, -0.05) is 0 Å². The lowest BCUT2D eigenvalue weighted by atomic mass is 10.2. The number of nitrogens with zero attached hydrogens (tertiary/aromatic N) is 2. The van der Waals surface area contributed by atoms with E-state index >= 15 is 0 Å². The molecule has 0 aliphatic rings. The Morgan fingerprint density at radius 3 is 2.64 bits per heavy atom. The van der Waals surface area contributed by atoms with Crippen LogP contribution in [0.1, 0.15) is 12.0 Å². The lowest BCUT2D eigenvalue weighted by Crippen LogP contribution is -2.04. The number of halogens is 3. The summed E-state index contributed by atoms with van der Waals surface area (Å²) in [7, 11) is 0. The van der Waals surface area contributed by atoms with Crippen LogP contribution in [0.15, 0.2) is 6.20 Å². The first kappa shape index (κ1) is 11.0. The number of aromatic nitrogens is 1. The number of pyridine rings is 1. The maximum absolute atomic E-state index is 12.3. The SMILES string of the molecule is Nc1c([N+](=O)[O-])ncc(C(F)F)c1I. The molecule has 0 aromatic carbocycles. The molecule has 0 saturated heterocycles. The zero-order valence-corrected chi connectivity index (χ0v) is 8.73. The highest BCUT2D eigenvalue weighted by Crippen LogP contribution is 2.31. The van der Waals surface area contributed by atoms with Crippen LogP contribution in [0.3, 0.4) is 0 Å². The van der Waals surface area contributed by atoms with Gasteiger partial charge >= 0.3 is 5.82 Å². The molecule has 0 radical (unpaired) electrons. The lowest BCUT2D eigenvalue weighted by molar-refractivity contribution is -0.388. The zero-order chi connectivity index (χ0) is 10.9. The van der Waals surface area contributed by atoms with E-state index in [0.29, 0.717) is 0 Å². The van der Waals surface area contributed by atoms with Gasteiger partial charge in [0.25, 0.3) is 6.43 Å². The molecule has 0 bridgehead atoms. The minimum absolute atomic E-state index is 0.0284. The van der Waals surface area contributed by atoms with Crippen LogP contribution in [0.2, 0.25) is 0 Å². The Balaban J connectivity index is 3.33. The van der Waals surface area contributed by atoms with Gasteiger partial charge in [-0.05, 0) is 32.5 Å². The minimum Gasteiger partial charge on any atom is -0.391 e. The van der Waals surface area contributed by atoms with E-state index in [1.807, 2.05) is 0 Å². The van der Waals surface area contributed by atoms with Crippen molar-refractivity contribution in [1.82, 2.24) is 4.98 Å². The summed E-state index contributed by atoms with van der Waals surface area (Å²) in [5, 5.41) is 10.3. The van der Waals surface area contributed by atoms with E-state index in [0.717, 1.165) is 6.20 Å². The Labute approximate surface area is 90.6 Å². The molecule has 0 amide bonds. The number of rotatable bonds is 2. The highest BCUT2D eigenvalue weighted by molar-refractivity contribution is 14.1. The van der Waals surface area contributed by atoms with Crippen molar-refractivity contribution < 1.29 is 13.7 Å². The number of alkyl halides is 2. The first-order valence-corrected chi connectivity index (χ1v) is 4.39. The summed E-state index contributed by atoms with van der Waals surface area (Å²) in [5.74, 6) is -0.598. The van der Waals surface area contributed by atoms with E-state index in [2.05, 4.69) is 4.98 Å². The highest BCUT2D eigenvalue weighted by atomic mass is 127. The Morgan fingerprint density at radius 2 is 2.21 bits per heavy atom. The van der Waals surface area contributed by atoms with Gasteiger partial charge in [0.1, 0.15) is 5.69 Å². The molecule has 0 saturated carbocycles. The van der Waals surface area contributed by atoms with Gasteiger partial charge in [0.2, 0.25) is 0 Å². The Bertz CT molecular complexity index is 386. The van der Waals surface area contributed by atoms with Gasteiger partial charge in [0, 0.05) is 0 Å². The Morgan fingerprint density at radius 1 is 1.64 bits per heavy atom. The fourth-order valence-electron chi connectivity index (χ4n) is 0.808. The van der Waals surface area contributed by atoms with Gasteiger partial charge in [0.05, 0.1) is 9.13 Å². The van der Waals surface area contributed by atoms with Gasteiger partial charge < -0.3 is 15.8 Å². The first-order valence-electron chi connectivity index (χ1n) is 3.31. The molecule has 14 heavy (non-hydrogen) atoms. The predicted octanol–water partition coefficient (Wildman–Crippen LogP) is 2.11. The molecule has 0 unspecified atom stereocenters. The van der Waals surface area contributed by atoms with Crippen LogP contribution in [-0.4, -0.2) is 9.91 Å². The molecule has 1 rings (SSSR count). The second-order valence-corrected chi connectivity index (χ2v) is 3.40. The summed E-state index contributed by atoms with van der Waals surface area (Å²) in [4.78, 5) is 12.8. The van der Waals surface area contributed by atoms with Gasteiger partial charge in [-0.15, -0.1) is 0 Å². The molecule has 0 aliphatic heterocycles. The van der Waals surface area contributed by atoms with Crippen LogP contribution in [0.4, 0.5) is 20.3 Å². The molecular weight excluding hydrogens is 311 g/mol. The Hall–Kier alpha value is -1.06. The van der Waals surface area contributed by atoms with Crippen molar-refractivity contribution in [1.29, 1.82) is 0 Å². The highest BCUT2D eigenvalue weighted by Gasteiger charge is 2.23. The number of hydrogen-bond donors (Lipinski definition) is 1. The number of hydrogen-bond acceptors (Lipinski definition) is 4. The molecule has 1 aromatic rings. The third kappa shape index (κ3) is 1.89. The standard InChI is InChI=1S/C6H4F2IN3O2/c7-5(8)2-1-11-6(12(13)14)4(10)3(2)9/h1,5H,10H2. The van der Waals surface area contributed by atoms with Crippen LogP contribution in [0.25, 0.3) is 0 Å². The fraction of sp³-hybridized carbons (Fsp3) is 0.167. The normalized spacial score (nSPS) is 10.6. The van der Waals surface area contributed by atoms with Crippen molar-refractivity contribution in [2.24, 2.45) is 0 Å². The Kier molecular flexibility index (Phi) is 3.13. The summed E-state index contributed by atoms with van der Waals surface area (Å²) in [6.45, 7) is 0. The topological polar surface area (TPSA) is 82.0 Å². The second kappa shape index (κ2) is 3.98. The summed E-state index contributed by atoms with van der Waals surface area (Å²) < 4.78 is 24.5. The molecule has 5 nitrogen and oxygen atoms in total. The average Bonchev–Trinajstić information content (AvgIpc) is 2.08. The monoisotopic (exact) mass is 315 g/mol. The lowest BCUT2D eigenvalue weighted by Gasteiger charge is -2.03. The van der Waals surface area contributed by atoms with Crippen molar-refractivity contribution in [3.05, 3.63) is 25.4 Å². The number of anilines is 1. The van der Waals surface area contributed by atoms with Gasteiger partial charge in [-0.2, -0.15) is 0 Å². The van der Waals surface area contributed by atoms with Crippen LogP contribution in [0.5, 0.6) is 0 Å². The van der Waals surface area contributed by atoms with Crippen LogP contribution < -0.4 is 5.73 Å². The van der Waals surface area contributed by atoms with Crippen LogP contribution in [0, 0.1) is 13.7 Å². The smallest absolute Gasteiger partial charge is 0.387 e.